The molecular formula is C14H23ClN2O2. The first-order chi connectivity index (χ1) is 8.66. The van der Waals surface area contributed by atoms with E-state index in [1.807, 2.05) is 19.9 Å². The van der Waals surface area contributed by atoms with Crippen molar-refractivity contribution < 1.29 is 9.21 Å². The van der Waals surface area contributed by atoms with Crippen molar-refractivity contribution in [2.75, 3.05) is 19.6 Å². The molecule has 1 saturated heterocycles. The zero-order valence-corrected chi connectivity index (χ0v) is 12.4. The molecule has 0 spiro atoms. The second kappa shape index (κ2) is 7.56. The third-order valence-corrected chi connectivity index (χ3v) is 3.48. The number of hydrogen-bond acceptors (Lipinski definition) is 3. The van der Waals surface area contributed by atoms with Crippen LogP contribution in [0, 0.1) is 19.8 Å². The number of halogens is 1. The molecule has 0 saturated carbocycles. The third kappa shape index (κ3) is 4.55. The highest BCUT2D eigenvalue weighted by Crippen LogP contribution is 2.15. The molecule has 0 aliphatic carbocycles. The number of aryl methyl sites for hydroxylation is 2. The van der Waals surface area contributed by atoms with E-state index in [-0.39, 0.29) is 18.3 Å². The standard InChI is InChI=1S/C14H22N2O2.ClH/c1-10-8-11(2)18-13(10)14(17)16-7-5-12-4-3-6-15-9-12;/h8,12,15H,3-7,9H2,1-2H3,(H,16,17);1H. The van der Waals surface area contributed by atoms with Crippen molar-refractivity contribution in [3.05, 3.63) is 23.2 Å². The van der Waals surface area contributed by atoms with Crippen molar-refractivity contribution in [3.63, 3.8) is 0 Å². The highest BCUT2D eigenvalue weighted by Gasteiger charge is 2.16. The van der Waals surface area contributed by atoms with Crippen molar-refractivity contribution in [2.45, 2.75) is 33.1 Å². The Kier molecular flexibility index (Phi) is 6.38. The van der Waals surface area contributed by atoms with Gasteiger partial charge in [-0.2, -0.15) is 0 Å². The van der Waals surface area contributed by atoms with Crippen LogP contribution in [0.4, 0.5) is 0 Å². The van der Waals surface area contributed by atoms with Crippen LogP contribution in [-0.2, 0) is 0 Å². The van der Waals surface area contributed by atoms with Gasteiger partial charge in [-0.3, -0.25) is 4.79 Å². The van der Waals surface area contributed by atoms with Gasteiger partial charge >= 0.3 is 0 Å². The van der Waals surface area contributed by atoms with Crippen LogP contribution in [0.2, 0.25) is 0 Å². The molecule has 0 radical (unpaired) electrons. The van der Waals surface area contributed by atoms with E-state index in [1.54, 1.807) is 0 Å². The molecule has 1 fully saturated rings. The Hall–Kier alpha value is -1.00. The molecule has 5 heteroatoms. The van der Waals surface area contributed by atoms with Gasteiger partial charge in [-0.05, 0) is 58.2 Å². The van der Waals surface area contributed by atoms with E-state index in [0.29, 0.717) is 11.7 Å². The first kappa shape index (κ1) is 16.1. The summed E-state index contributed by atoms with van der Waals surface area (Å²) in [5, 5.41) is 6.33. The molecule has 1 aliphatic heterocycles. The van der Waals surface area contributed by atoms with Gasteiger partial charge < -0.3 is 15.1 Å². The van der Waals surface area contributed by atoms with Crippen molar-refractivity contribution >= 4 is 18.3 Å². The maximum absolute atomic E-state index is 11.9. The van der Waals surface area contributed by atoms with Gasteiger partial charge in [0.2, 0.25) is 0 Å². The average molecular weight is 287 g/mol. The second-order valence-electron chi connectivity index (χ2n) is 5.13. The molecule has 1 aliphatic rings. The smallest absolute Gasteiger partial charge is 0.287 e. The lowest BCUT2D eigenvalue weighted by Gasteiger charge is -2.22. The van der Waals surface area contributed by atoms with Crippen molar-refractivity contribution in [1.29, 1.82) is 0 Å². The summed E-state index contributed by atoms with van der Waals surface area (Å²) in [6.45, 7) is 6.70. The van der Waals surface area contributed by atoms with E-state index in [4.69, 9.17) is 4.42 Å². The van der Waals surface area contributed by atoms with Crippen molar-refractivity contribution in [1.82, 2.24) is 10.6 Å². The molecule has 1 atom stereocenters. The third-order valence-electron chi connectivity index (χ3n) is 3.48. The minimum Gasteiger partial charge on any atom is -0.456 e. The van der Waals surface area contributed by atoms with Crippen molar-refractivity contribution in [2.24, 2.45) is 5.92 Å². The van der Waals surface area contributed by atoms with Gasteiger partial charge in [0.1, 0.15) is 5.76 Å². The zero-order chi connectivity index (χ0) is 13.0. The molecule has 2 N–H and O–H groups in total. The summed E-state index contributed by atoms with van der Waals surface area (Å²) in [6.07, 6.45) is 3.55. The minimum absolute atomic E-state index is 0. The zero-order valence-electron chi connectivity index (χ0n) is 11.6. The first-order valence-corrected chi connectivity index (χ1v) is 6.73. The van der Waals surface area contributed by atoms with Crippen LogP contribution in [0.15, 0.2) is 10.5 Å². The molecule has 0 bridgehead atoms. The molecular weight excluding hydrogens is 264 g/mol. The average Bonchev–Trinajstić information content (AvgIpc) is 2.70. The molecule has 1 unspecified atom stereocenters. The summed E-state index contributed by atoms with van der Waals surface area (Å²) in [4.78, 5) is 11.9. The molecule has 1 amide bonds. The van der Waals surface area contributed by atoms with Gasteiger partial charge in [-0.15, -0.1) is 12.4 Å². The minimum atomic E-state index is -0.0932. The molecule has 19 heavy (non-hydrogen) atoms. The molecule has 4 nitrogen and oxygen atoms in total. The molecule has 0 aromatic carbocycles. The number of amides is 1. The van der Waals surface area contributed by atoms with Gasteiger partial charge in [-0.25, -0.2) is 0 Å². The fourth-order valence-corrected chi connectivity index (χ4v) is 2.51. The Balaban J connectivity index is 0.00000180. The number of nitrogens with one attached hydrogen (secondary N) is 2. The normalized spacial score (nSPS) is 18.7. The Morgan fingerprint density at radius 2 is 2.32 bits per heavy atom. The first-order valence-electron chi connectivity index (χ1n) is 6.73. The second-order valence-corrected chi connectivity index (χ2v) is 5.13. The SMILES string of the molecule is Cc1cc(C)c(C(=O)NCCC2CCCNC2)o1.Cl. The van der Waals surface area contributed by atoms with Gasteiger partial charge in [0, 0.05) is 12.1 Å². The quantitative estimate of drug-likeness (QED) is 0.894. The lowest BCUT2D eigenvalue weighted by Crippen LogP contribution is -2.33. The van der Waals surface area contributed by atoms with Crippen LogP contribution in [0.25, 0.3) is 0 Å². The van der Waals surface area contributed by atoms with Gasteiger partial charge in [0.25, 0.3) is 5.91 Å². The Labute approximate surface area is 120 Å². The molecule has 1 aromatic heterocycles. The van der Waals surface area contributed by atoms with E-state index in [2.05, 4.69) is 10.6 Å². The highest BCUT2D eigenvalue weighted by molar-refractivity contribution is 5.92. The van der Waals surface area contributed by atoms with Gasteiger partial charge in [0.15, 0.2) is 5.76 Å². The fraction of sp³-hybridized carbons (Fsp3) is 0.643. The lowest BCUT2D eigenvalue weighted by atomic mass is 9.96. The summed E-state index contributed by atoms with van der Waals surface area (Å²) >= 11 is 0. The van der Waals surface area contributed by atoms with E-state index >= 15 is 0 Å². The molecule has 2 rings (SSSR count). The summed E-state index contributed by atoms with van der Waals surface area (Å²) in [6, 6.07) is 1.89. The number of hydrogen-bond donors (Lipinski definition) is 2. The monoisotopic (exact) mass is 286 g/mol. The highest BCUT2D eigenvalue weighted by atomic mass is 35.5. The summed E-state index contributed by atoms with van der Waals surface area (Å²) < 4.78 is 5.39. The number of piperidine rings is 1. The van der Waals surface area contributed by atoms with E-state index in [0.717, 1.165) is 37.4 Å². The van der Waals surface area contributed by atoms with Crippen molar-refractivity contribution in [3.8, 4) is 0 Å². The Bertz CT molecular complexity index is 412. The Morgan fingerprint density at radius 1 is 1.53 bits per heavy atom. The summed E-state index contributed by atoms with van der Waals surface area (Å²) in [7, 11) is 0. The fourth-order valence-electron chi connectivity index (χ4n) is 2.51. The lowest BCUT2D eigenvalue weighted by molar-refractivity contribution is 0.0921. The Morgan fingerprint density at radius 3 is 2.89 bits per heavy atom. The number of carbonyl (C=O) groups is 1. The number of furan rings is 1. The van der Waals surface area contributed by atoms with Crippen LogP contribution in [-0.4, -0.2) is 25.5 Å². The van der Waals surface area contributed by atoms with E-state index < -0.39 is 0 Å². The number of rotatable bonds is 4. The maximum Gasteiger partial charge on any atom is 0.287 e. The van der Waals surface area contributed by atoms with Gasteiger partial charge in [-0.1, -0.05) is 0 Å². The molecule has 1 aromatic rings. The maximum atomic E-state index is 11.9. The van der Waals surface area contributed by atoms with Crippen LogP contribution >= 0.6 is 12.4 Å². The van der Waals surface area contributed by atoms with E-state index in [9.17, 15) is 4.79 Å². The van der Waals surface area contributed by atoms with E-state index in [1.165, 1.54) is 12.8 Å². The summed E-state index contributed by atoms with van der Waals surface area (Å²) in [5.41, 5.74) is 0.907. The van der Waals surface area contributed by atoms with Crippen LogP contribution in [0.1, 0.15) is 41.1 Å². The predicted molar refractivity (Wildman–Crippen MR) is 78.0 cm³/mol. The van der Waals surface area contributed by atoms with Crippen LogP contribution in [0.3, 0.4) is 0 Å². The van der Waals surface area contributed by atoms with Crippen LogP contribution in [0.5, 0.6) is 0 Å². The van der Waals surface area contributed by atoms with Crippen LogP contribution < -0.4 is 10.6 Å². The largest absolute Gasteiger partial charge is 0.456 e. The predicted octanol–water partition coefficient (Wildman–Crippen LogP) is 2.44. The van der Waals surface area contributed by atoms with Gasteiger partial charge in [0.05, 0.1) is 0 Å². The number of carbonyl (C=O) groups excluding carboxylic acids is 1. The summed E-state index contributed by atoms with van der Waals surface area (Å²) in [5.74, 6) is 1.84. The molecule has 2 heterocycles. The topological polar surface area (TPSA) is 54.3 Å². The molecule has 108 valence electrons.